The normalized spacial score (nSPS) is 10.2. The van der Waals surface area contributed by atoms with E-state index in [2.05, 4.69) is 10.3 Å². The van der Waals surface area contributed by atoms with E-state index < -0.39 is 0 Å². The first kappa shape index (κ1) is 15.3. The Bertz CT molecular complexity index is 581. The molecule has 0 unspecified atom stereocenters. The first-order valence-electron chi connectivity index (χ1n) is 6.72. The average molecular weight is 306 g/mol. The van der Waals surface area contributed by atoms with E-state index in [9.17, 15) is 4.79 Å². The standard InChI is InChI=1S/C15H18N2O3S/c1-3-20-14(18)9-6-12-10-21-15(17-12)16-11-4-7-13(19-2)8-5-11/h4-5,7-8,10H,3,6,9H2,1-2H3,(H,16,17). The monoisotopic (exact) mass is 306 g/mol. The minimum Gasteiger partial charge on any atom is -0.497 e. The fourth-order valence-electron chi connectivity index (χ4n) is 1.74. The molecule has 0 fully saturated rings. The lowest BCUT2D eigenvalue weighted by Gasteiger charge is -2.04. The third-order valence-electron chi connectivity index (χ3n) is 2.78. The van der Waals surface area contributed by atoms with Crippen molar-refractivity contribution in [1.82, 2.24) is 4.98 Å². The Labute approximate surface area is 127 Å². The van der Waals surface area contributed by atoms with Crippen molar-refractivity contribution >= 4 is 28.1 Å². The van der Waals surface area contributed by atoms with E-state index in [0.717, 1.165) is 22.3 Å². The van der Waals surface area contributed by atoms with Gasteiger partial charge in [0, 0.05) is 17.5 Å². The molecule has 0 radical (unpaired) electrons. The van der Waals surface area contributed by atoms with Crippen LogP contribution in [0.15, 0.2) is 29.6 Å². The number of ether oxygens (including phenoxy) is 2. The maximum atomic E-state index is 11.3. The number of hydrogen-bond acceptors (Lipinski definition) is 6. The zero-order valence-corrected chi connectivity index (χ0v) is 12.9. The van der Waals surface area contributed by atoms with Crippen LogP contribution in [-0.4, -0.2) is 24.7 Å². The summed E-state index contributed by atoms with van der Waals surface area (Å²) < 4.78 is 10.0. The number of anilines is 2. The number of nitrogens with one attached hydrogen (secondary N) is 1. The molecule has 21 heavy (non-hydrogen) atoms. The van der Waals surface area contributed by atoms with Gasteiger partial charge in [-0.05, 0) is 31.2 Å². The van der Waals surface area contributed by atoms with Gasteiger partial charge < -0.3 is 14.8 Å². The predicted molar refractivity (Wildman–Crippen MR) is 83.3 cm³/mol. The van der Waals surface area contributed by atoms with Crippen LogP contribution in [0.2, 0.25) is 0 Å². The van der Waals surface area contributed by atoms with Crippen molar-refractivity contribution in [1.29, 1.82) is 0 Å². The number of carbonyl (C=O) groups excluding carboxylic acids is 1. The highest BCUT2D eigenvalue weighted by molar-refractivity contribution is 7.13. The molecule has 112 valence electrons. The van der Waals surface area contributed by atoms with Crippen LogP contribution in [0.25, 0.3) is 0 Å². The Hall–Kier alpha value is -2.08. The molecule has 0 bridgehead atoms. The summed E-state index contributed by atoms with van der Waals surface area (Å²) in [6, 6.07) is 7.63. The van der Waals surface area contributed by atoms with Crippen LogP contribution in [0.4, 0.5) is 10.8 Å². The number of rotatable bonds is 7. The van der Waals surface area contributed by atoms with Gasteiger partial charge in [0.2, 0.25) is 0 Å². The van der Waals surface area contributed by atoms with Gasteiger partial charge in [-0.3, -0.25) is 4.79 Å². The first-order valence-corrected chi connectivity index (χ1v) is 7.60. The zero-order valence-electron chi connectivity index (χ0n) is 12.1. The van der Waals surface area contributed by atoms with Crippen molar-refractivity contribution in [3.63, 3.8) is 0 Å². The van der Waals surface area contributed by atoms with Gasteiger partial charge in [-0.15, -0.1) is 11.3 Å². The molecule has 6 heteroatoms. The van der Waals surface area contributed by atoms with Gasteiger partial charge in [0.1, 0.15) is 5.75 Å². The third-order valence-corrected chi connectivity index (χ3v) is 3.59. The first-order chi connectivity index (χ1) is 10.2. The van der Waals surface area contributed by atoms with Crippen LogP contribution in [0, 0.1) is 0 Å². The largest absolute Gasteiger partial charge is 0.497 e. The third kappa shape index (κ3) is 4.75. The summed E-state index contributed by atoms with van der Waals surface area (Å²) in [6.07, 6.45) is 0.958. The van der Waals surface area contributed by atoms with Crippen LogP contribution in [0.5, 0.6) is 5.75 Å². The number of esters is 1. The molecule has 1 N–H and O–H groups in total. The van der Waals surface area contributed by atoms with Crippen molar-refractivity contribution in [2.75, 3.05) is 19.0 Å². The summed E-state index contributed by atoms with van der Waals surface area (Å²) in [5.74, 6) is 0.630. The van der Waals surface area contributed by atoms with Crippen LogP contribution in [-0.2, 0) is 16.0 Å². The Morgan fingerprint density at radius 1 is 1.33 bits per heavy atom. The summed E-state index contributed by atoms with van der Waals surface area (Å²) in [6.45, 7) is 2.22. The topological polar surface area (TPSA) is 60.5 Å². The van der Waals surface area contributed by atoms with Gasteiger partial charge in [0.15, 0.2) is 5.13 Å². The summed E-state index contributed by atoms with van der Waals surface area (Å²) in [4.78, 5) is 15.7. The molecule has 5 nitrogen and oxygen atoms in total. The van der Waals surface area contributed by atoms with E-state index in [0.29, 0.717) is 19.4 Å². The van der Waals surface area contributed by atoms with E-state index in [1.54, 1.807) is 14.0 Å². The molecule has 0 aliphatic rings. The van der Waals surface area contributed by atoms with Gasteiger partial charge in [-0.25, -0.2) is 4.98 Å². The molecule has 0 aliphatic heterocycles. The van der Waals surface area contributed by atoms with Gasteiger partial charge in [-0.2, -0.15) is 0 Å². The summed E-state index contributed by atoms with van der Waals surface area (Å²) in [7, 11) is 1.64. The average Bonchev–Trinajstić information content (AvgIpc) is 2.94. The molecule has 2 rings (SSSR count). The van der Waals surface area contributed by atoms with Gasteiger partial charge in [0.05, 0.1) is 25.8 Å². The van der Waals surface area contributed by atoms with Crippen molar-refractivity contribution in [2.24, 2.45) is 0 Å². The number of benzene rings is 1. The molecule has 2 aromatic rings. The van der Waals surface area contributed by atoms with E-state index >= 15 is 0 Å². The predicted octanol–water partition coefficient (Wildman–Crippen LogP) is 3.39. The second kappa shape index (κ2) is 7.64. The minimum absolute atomic E-state index is 0.185. The number of nitrogens with zero attached hydrogens (tertiary/aromatic N) is 1. The molecule has 0 amide bonds. The molecule has 0 aliphatic carbocycles. The second-order valence-corrected chi connectivity index (χ2v) is 5.16. The maximum Gasteiger partial charge on any atom is 0.306 e. The highest BCUT2D eigenvalue weighted by atomic mass is 32.1. The Kier molecular flexibility index (Phi) is 5.57. The van der Waals surface area contributed by atoms with Crippen LogP contribution in [0.3, 0.4) is 0 Å². The van der Waals surface area contributed by atoms with E-state index in [1.807, 2.05) is 29.6 Å². The van der Waals surface area contributed by atoms with Crippen LogP contribution in [0.1, 0.15) is 19.0 Å². The maximum absolute atomic E-state index is 11.3. The Morgan fingerprint density at radius 3 is 2.76 bits per heavy atom. The molecule has 0 spiro atoms. The fraction of sp³-hybridized carbons (Fsp3) is 0.333. The molecular weight excluding hydrogens is 288 g/mol. The molecule has 1 heterocycles. The molecular formula is C15H18N2O3S. The molecule has 0 saturated carbocycles. The van der Waals surface area contributed by atoms with Gasteiger partial charge in [-0.1, -0.05) is 0 Å². The van der Waals surface area contributed by atoms with E-state index in [-0.39, 0.29) is 5.97 Å². The van der Waals surface area contributed by atoms with Crippen molar-refractivity contribution in [3.05, 3.63) is 35.3 Å². The number of aryl methyl sites for hydroxylation is 1. The van der Waals surface area contributed by atoms with E-state index in [4.69, 9.17) is 9.47 Å². The SMILES string of the molecule is CCOC(=O)CCc1csc(Nc2ccc(OC)cc2)n1. The Morgan fingerprint density at radius 2 is 2.10 bits per heavy atom. The lowest BCUT2D eigenvalue weighted by atomic mass is 10.2. The lowest BCUT2D eigenvalue weighted by molar-refractivity contribution is -0.143. The summed E-state index contributed by atoms with van der Waals surface area (Å²) in [5, 5.41) is 5.98. The van der Waals surface area contributed by atoms with Gasteiger partial charge in [0.25, 0.3) is 0 Å². The quantitative estimate of drug-likeness (QED) is 0.795. The van der Waals surface area contributed by atoms with Crippen LogP contribution < -0.4 is 10.1 Å². The highest BCUT2D eigenvalue weighted by Gasteiger charge is 2.06. The number of aromatic nitrogens is 1. The van der Waals surface area contributed by atoms with Crippen molar-refractivity contribution < 1.29 is 14.3 Å². The van der Waals surface area contributed by atoms with Crippen molar-refractivity contribution in [2.45, 2.75) is 19.8 Å². The van der Waals surface area contributed by atoms with Gasteiger partial charge >= 0.3 is 5.97 Å². The number of carbonyl (C=O) groups is 1. The lowest BCUT2D eigenvalue weighted by Crippen LogP contribution is -2.05. The second-order valence-electron chi connectivity index (χ2n) is 4.30. The fourth-order valence-corrected chi connectivity index (χ4v) is 2.51. The summed E-state index contributed by atoms with van der Waals surface area (Å²) in [5.41, 5.74) is 1.84. The van der Waals surface area contributed by atoms with Crippen LogP contribution >= 0.6 is 11.3 Å². The molecule has 0 saturated heterocycles. The minimum atomic E-state index is -0.185. The number of methoxy groups -OCH3 is 1. The van der Waals surface area contributed by atoms with E-state index in [1.165, 1.54) is 11.3 Å². The highest BCUT2D eigenvalue weighted by Crippen LogP contribution is 2.23. The van der Waals surface area contributed by atoms with Crippen molar-refractivity contribution in [3.8, 4) is 5.75 Å². The Balaban J connectivity index is 1.88. The molecule has 1 aromatic heterocycles. The number of hydrogen-bond donors (Lipinski definition) is 1. The summed E-state index contributed by atoms with van der Waals surface area (Å²) >= 11 is 1.51. The zero-order chi connectivity index (χ0) is 15.1. The molecule has 1 aromatic carbocycles. The smallest absolute Gasteiger partial charge is 0.306 e. The molecule has 0 atom stereocenters. The number of thiazole rings is 1.